The number of rotatable bonds is 29. The van der Waals surface area contributed by atoms with Gasteiger partial charge in [-0.1, -0.05) is 153 Å². The summed E-state index contributed by atoms with van der Waals surface area (Å²) in [5.74, 6) is 10.0. The van der Waals surface area contributed by atoms with Crippen LogP contribution in [0.4, 0.5) is 13.2 Å². The first-order chi connectivity index (χ1) is 30.5. The minimum atomic E-state index is -6.10. The maximum Gasteiger partial charge on any atom is 0.534 e. The Labute approximate surface area is 380 Å². The van der Waals surface area contributed by atoms with Gasteiger partial charge in [-0.25, -0.2) is 0 Å². The molecule has 0 heterocycles. The second-order valence-corrected chi connectivity index (χ2v) is 20.3. The number of ether oxygens (including phenoxy) is 1. The zero-order chi connectivity index (χ0) is 46.9. The molecule has 0 saturated carbocycles. The lowest BCUT2D eigenvalue weighted by atomic mass is 10.1. The van der Waals surface area contributed by atoms with Gasteiger partial charge in [0.25, 0.3) is 20.2 Å². The van der Waals surface area contributed by atoms with Crippen molar-refractivity contribution in [2.24, 2.45) is 0 Å². The molecule has 0 aliphatic carbocycles. The van der Waals surface area contributed by atoms with Crippen molar-refractivity contribution < 1.29 is 55.7 Å². The molecule has 0 fully saturated rings. The van der Waals surface area contributed by atoms with Crippen LogP contribution in [-0.2, 0) is 38.7 Å². The van der Waals surface area contributed by atoms with E-state index in [1.165, 1.54) is 126 Å². The summed E-state index contributed by atoms with van der Waals surface area (Å²) in [4.78, 5) is -0.154. The Morgan fingerprint density at radius 2 is 0.797 bits per heavy atom. The molecule has 3 aromatic rings. The van der Waals surface area contributed by atoms with Crippen LogP contribution < -0.4 is 8.92 Å². The molecule has 0 aliphatic rings. The maximum absolute atomic E-state index is 13.3. The van der Waals surface area contributed by atoms with Gasteiger partial charge in [-0.3, -0.25) is 8.37 Å². The van der Waals surface area contributed by atoms with Gasteiger partial charge in [-0.05, 0) is 61.4 Å². The van der Waals surface area contributed by atoms with Crippen molar-refractivity contribution >= 4 is 30.4 Å². The predicted molar refractivity (Wildman–Crippen MR) is 243 cm³/mol. The quantitative estimate of drug-likeness (QED) is 0.0286. The highest BCUT2D eigenvalue weighted by molar-refractivity contribution is 7.88. The maximum atomic E-state index is 13.3. The van der Waals surface area contributed by atoms with Crippen molar-refractivity contribution in [1.82, 2.24) is 0 Å². The Bertz CT molecular complexity index is 2320. The van der Waals surface area contributed by atoms with Crippen LogP contribution in [-0.4, -0.2) is 51.1 Å². The summed E-state index contributed by atoms with van der Waals surface area (Å²) in [7, 11) is -13.1. The van der Waals surface area contributed by atoms with E-state index in [1.54, 1.807) is 0 Å². The molecule has 3 rings (SSSR count). The topological polar surface area (TPSA) is 139 Å². The largest absolute Gasteiger partial charge is 0.534 e. The Kier molecular flexibility index (Phi) is 23.8. The second-order valence-electron chi connectivity index (χ2n) is 15.5. The molecular weight excluding hydrogens is 890 g/mol. The van der Waals surface area contributed by atoms with Crippen LogP contribution >= 0.6 is 0 Å². The van der Waals surface area contributed by atoms with E-state index in [4.69, 9.17) is 13.1 Å². The number of methoxy groups -OCH3 is 1. The molecule has 0 bridgehead atoms. The highest BCUT2D eigenvalue weighted by atomic mass is 32.2. The SMILES string of the molecule is CCCCCCCCCCCCOS(=O)(=O)c1ccc(C#Cc2cc(OC)c(OS(=O)(=O)C(F)(F)F)cc2C#Cc2ccc(S(=O)(=O)OCCCCCCCCCCCC)cc2)cc1. The number of alkyl halides is 3. The summed E-state index contributed by atoms with van der Waals surface area (Å²) < 4.78 is 135. The van der Waals surface area contributed by atoms with Gasteiger partial charge in [0.15, 0.2) is 11.5 Å². The molecule has 16 heteroatoms. The fraction of sp³-hybridized carbons (Fsp3) is 0.542. The third-order valence-corrected chi connectivity index (χ3v) is 13.8. The van der Waals surface area contributed by atoms with Crippen LogP contribution in [0.3, 0.4) is 0 Å². The zero-order valence-electron chi connectivity index (χ0n) is 37.3. The van der Waals surface area contributed by atoms with Gasteiger partial charge >= 0.3 is 15.6 Å². The van der Waals surface area contributed by atoms with Crippen LogP contribution in [0.25, 0.3) is 0 Å². The van der Waals surface area contributed by atoms with Crippen LogP contribution in [0, 0.1) is 23.7 Å². The number of unbranched alkanes of at least 4 members (excludes halogenated alkanes) is 18. The van der Waals surface area contributed by atoms with Crippen molar-refractivity contribution in [3.8, 4) is 35.2 Å². The van der Waals surface area contributed by atoms with Crippen LogP contribution in [0.2, 0.25) is 0 Å². The van der Waals surface area contributed by atoms with E-state index in [0.717, 1.165) is 57.8 Å². The smallest absolute Gasteiger partial charge is 0.493 e. The summed E-state index contributed by atoms with van der Waals surface area (Å²) in [5.41, 5.74) is -5.03. The summed E-state index contributed by atoms with van der Waals surface area (Å²) in [6.07, 6.45) is 21.9. The minimum Gasteiger partial charge on any atom is -0.493 e. The lowest BCUT2D eigenvalue weighted by Crippen LogP contribution is -2.28. The standard InChI is InChI=1S/C48H63F3O10S3/c1-4-6-8-10-12-14-16-18-20-22-36-59-62(52,53)44-32-26-40(27-33-44)24-30-42-38-46(58-3)47(61-64(56,57)48(49,50)51)39-43(42)31-25-41-28-34-45(35-29-41)63(54,55)60-37-23-21-19-17-15-13-11-9-7-5-2/h26-29,32-35,38-39H,4-23,36-37H2,1-3H3. The summed E-state index contributed by atoms with van der Waals surface area (Å²) in [6, 6.07) is 13.1. The van der Waals surface area contributed by atoms with Crippen LogP contribution in [0.15, 0.2) is 70.5 Å². The molecule has 0 N–H and O–H groups in total. The first kappa shape index (κ1) is 54.3. The average molecular weight is 953 g/mol. The monoisotopic (exact) mass is 952 g/mol. The molecule has 10 nitrogen and oxygen atoms in total. The molecule has 0 aromatic heterocycles. The van der Waals surface area contributed by atoms with E-state index >= 15 is 0 Å². The van der Waals surface area contributed by atoms with Gasteiger partial charge < -0.3 is 8.92 Å². The number of halogens is 3. The Morgan fingerprint density at radius 1 is 0.469 bits per heavy atom. The van der Waals surface area contributed by atoms with Gasteiger partial charge in [0, 0.05) is 34.4 Å². The lowest BCUT2D eigenvalue weighted by Gasteiger charge is -2.13. The molecule has 0 radical (unpaired) electrons. The fourth-order valence-electron chi connectivity index (χ4n) is 6.50. The molecule has 0 spiro atoms. The van der Waals surface area contributed by atoms with E-state index in [-0.39, 0.29) is 34.1 Å². The van der Waals surface area contributed by atoms with Crippen LogP contribution in [0.5, 0.6) is 11.5 Å². The van der Waals surface area contributed by atoms with E-state index < -0.39 is 47.4 Å². The van der Waals surface area contributed by atoms with E-state index in [0.29, 0.717) is 24.0 Å². The van der Waals surface area contributed by atoms with Gasteiger partial charge in [0.2, 0.25) is 0 Å². The van der Waals surface area contributed by atoms with Crippen molar-refractivity contribution in [2.45, 2.75) is 158 Å². The number of hydrogen-bond acceptors (Lipinski definition) is 10. The Morgan fingerprint density at radius 3 is 1.12 bits per heavy atom. The molecule has 0 unspecified atom stereocenters. The zero-order valence-corrected chi connectivity index (χ0v) is 39.7. The average Bonchev–Trinajstić information content (AvgIpc) is 3.26. The molecule has 0 atom stereocenters. The van der Waals surface area contributed by atoms with Gasteiger partial charge in [0.1, 0.15) is 0 Å². The van der Waals surface area contributed by atoms with Crippen LogP contribution in [0.1, 0.15) is 165 Å². The van der Waals surface area contributed by atoms with Gasteiger partial charge in [0.05, 0.1) is 30.1 Å². The Balaban J connectivity index is 1.72. The third-order valence-electron chi connectivity index (χ3n) is 10.2. The Hall–Kier alpha value is -4.06. The van der Waals surface area contributed by atoms with E-state index in [1.807, 2.05) is 0 Å². The molecular formula is C48H63F3O10S3. The highest BCUT2D eigenvalue weighted by Crippen LogP contribution is 2.35. The van der Waals surface area contributed by atoms with Gasteiger partial charge in [-0.15, -0.1) is 0 Å². The normalized spacial score (nSPS) is 12.0. The molecule has 0 aliphatic heterocycles. The molecule has 0 saturated heterocycles. The number of hydrogen-bond donors (Lipinski definition) is 0. The molecule has 354 valence electrons. The second kappa shape index (κ2) is 28.1. The van der Waals surface area contributed by atoms with Crippen molar-refractivity contribution in [3.05, 3.63) is 82.9 Å². The van der Waals surface area contributed by atoms with Crippen molar-refractivity contribution in [2.75, 3.05) is 20.3 Å². The minimum absolute atomic E-state index is 0.0489. The molecule has 0 amide bonds. The van der Waals surface area contributed by atoms with Gasteiger partial charge in [-0.2, -0.15) is 38.4 Å². The molecule has 3 aromatic carbocycles. The summed E-state index contributed by atoms with van der Waals surface area (Å²) >= 11 is 0. The summed E-state index contributed by atoms with van der Waals surface area (Å²) in [5, 5.41) is 0. The van der Waals surface area contributed by atoms with E-state index in [2.05, 4.69) is 41.7 Å². The number of benzene rings is 3. The van der Waals surface area contributed by atoms with Crippen molar-refractivity contribution in [3.63, 3.8) is 0 Å². The first-order valence-electron chi connectivity index (χ1n) is 22.3. The lowest BCUT2D eigenvalue weighted by molar-refractivity contribution is -0.0500. The van der Waals surface area contributed by atoms with E-state index in [9.17, 15) is 38.4 Å². The fourth-order valence-corrected chi connectivity index (χ4v) is 8.84. The molecule has 64 heavy (non-hydrogen) atoms. The predicted octanol–water partition coefficient (Wildman–Crippen LogP) is 12.0. The van der Waals surface area contributed by atoms with Crippen molar-refractivity contribution in [1.29, 1.82) is 0 Å². The highest BCUT2D eigenvalue weighted by Gasteiger charge is 2.49. The first-order valence-corrected chi connectivity index (χ1v) is 26.5. The summed E-state index contributed by atoms with van der Waals surface area (Å²) in [6.45, 7) is 4.49. The third kappa shape index (κ3) is 19.6.